The van der Waals surface area contributed by atoms with Gasteiger partial charge in [-0.2, -0.15) is 0 Å². The number of hydrogen-bond donors (Lipinski definition) is 0. The van der Waals surface area contributed by atoms with E-state index in [2.05, 4.69) is 4.98 Å². The average Bonchev–Trinajstić information content (AvgIpc) is 2.45. The Bertz CT molecular complexity index is 611. The minimum absolute atomic E-state index is 0.0985. The summed E-state index contributed by atoms with van der Waals surface area (Å²) in [5.74, 6) is -0.569. The first-order valence-electron chi connectivity index (χ1n) is 6.18. The lowest BCUT2D eigenvalue weighted by Crippen LogP contribution is -2.05. The van der Waals surface area contributed by atoms with Crippen LogP contribution in [0.15, 0.2) is 36.5 Å². The Morgan fingerprint density at radius 3 is 2.75 bits per heavy atom. The first-order chi connectivity index (χ1) is 9.61. The van der Waals surface area contributed by atoms with E-state index in [1.807, 2.05) is 0 Å². The summed E-state index contributed by atoms with van der Waals surface area (Å²) in [5.41, 5.74) is 0.814. The van der Waals surface area contributed by atoms with Gasteiger partial charge < -0.3 is 9.47 Å². The van der Waals surface area contributed by atoms with Crippen molar-refractivity contribution in [1.29, 1.82) is 0 Å². The highest BCUT2D eigenvalue weighted by molar-refractivity contribution is 5.89. The number of benzene rings is 1. The molecule has 0 bridgehead atoms. The van der Waals surface area contributed by atoms with Crippen LogP contribution in [-0.4, -0.2) is 17.6 Å². The highest BCUT2D eigenvalue weighted by atomic mass is 19.1. The van der Waals surface area contributed by atoms with Crippen LogP contribution in [0.2, 0.25) is 0 Å². The number of carbonyl (C=O) groups is 1. The van der Waals surface area contributed by atoms with E-state index in [0.29, 0.717) is 17.7 Å². The van der Waals surface area contributed by atoms with E-state index in [9.17, 15) is 9.18 Å². The van der Waals surface area contributed by atoms with Crippen LogP contribution in [0.4, 0.5) is 4.39 Å². The monoisotopic (exact) mass is 275 g/mol. The summed E-state index contributed by atoms with van der Waals surface area (Å²) in [4.78, 5) is 15.4. The third-order valence-electron chi connectivity index (χ3n) is 2.62. The normalized spacial score (nSPS) is 10.2. The fraction of sp³-hybridized carbons (Fsp3) is 0.200. The van der Waals surface area contributed by atoms with Crippen molar-refractivity contribution in [2.45, 2.75) is 13.8 Å². The van der Waals surface area contributed by atoms with Gasteiger partial charge in [-0.1, -0.05) is 12.1 Å². The molecule has 0 amide bonds. The molecular weight excluding hydrogens is 261 g/mol. The summed E-state index contributed by atoms with van der Waals surface area (Å²) in [6.45, 7) is 3.67. The van der Waals surface area contributed by atoms with Crippen LogP contribution in [0.3, 0.4) is 0 Å². The zero-order valence-corrected chi connectivity index (χ0v) is 11.2. The van der Waals surface area contributed by atoms with Crippen LogP contribution in [0.25, 0.3) is 0 Å². The van der Waals surface area contributed by atoms with Gasteiger partial charge in [0.25, 0.3) is 0 Å². The number of aromatic nitrogens is 1. The summed E-state index contributed by atoms with van der Waals surface area (Å²) in [6, 6.07) is 7.88. The molecule has 4 nitrogen and oxygen atoms in total. The number of ether oxygens (including phenoxy) is 2. The quantitative estimate of drug-likeness (QED) is 0.801. The van der Waals surface area contributed by atoms with Crippen molar-refractivity contribution in [3.8, 4) is 11.6 Å². The maximum Gasteiger partial charge on any atom is 0.339 e. The molecule has 0 spiro atoms. The van der Waals surface area contributed by atoms with E-state index in [0.717, 1.165) is 0 Å². The number of hydrogen-bond acceptors (Lipinski definition) is 4. The van der Waals surface area contributed by atoms with Crippen LogP contribution in [-0.2, 0) is 4.74 Å². The van der Waals surface area contributed by atoms with Crippen LogP contribution in [0, 0.1) is 12.7 Å². The molecule has 0 radical (unpaired) electrons. The van der Waals surface area contributed by atoms with E-state index < -0.39 is 11.8 Å². The fourth-order valence-corrected chi connectivity index (χ4v) is 1.59. The smallest absolute Gasteiger partial charge is 0.339 e. The summed E-state index contributed by atoms with van der Waals surface area (Å²) in [6.07, 6.45) is 1.33. The molecule has 1 aromatic heterocycles. The number of esters is 1. The lowest BCUT2D eigenvalue weighted by atomic mass is 10.2. The topological polar surface area (TPSA) is 48.4 Å². The molecule has 20 heavy (non-hydrogen) atoms. The lowest BCUT2D eigenvalue weighted by Gasteiger charge is -2.07. The van der Waals surface area contributed by atoms with Crippen LogP contribution >= 0.6 is 0 Å². The maximum atomic E-state index is 13.8. The van der Waals surface area contributed by atoms with Gasteiger partial charge in [0.15, 0.2) is 11.6 Å². The lowest BCUT2D eigenvalue weighted by molar-refractivity contribution is 0.0526. The van der Waals surface area contributed by atoms with Crippen molar-refractivity contribution in [3.05, 3.63) is 53.5 Å². The van der Waals surface area contributed by atoms with Gasteiger partial charge in [0, 0.05) is 12.3 Å². The molecule has 0 atom stereocenters. The molecule has 1 heterocycles. The highest BCUT2D eigenvalue weighted by Gasteiger charge is 2.10. The first kappa shape index (κ1) is 14.0. The largest absolute Gasteiger partial charge is 0.462 e. The van der Waals surface area contributed by atoms with Crippen molar-refractivity contribution < 1.29 is 18.7 Å². The second kappa shape index (κ2) is 6.14. The van der Waals surface area contributed by atoms with Gasteiger partial charge in [-0.05, 0) is 31.5 Å². The van der Waals surface area contributed by atoms with Gasteiger partial charge in [0.05, 0.1) is 12.2 Å². The van der Waals surface area contributed by atoms with Crippen molar-refractivity contribution in [2.24, 2.45) is 0 Å². The third kappa shape index (κ3) is 3.12. The number of pyridine rings is 1. The number of rotatable bonds is 4. The van der Waals surface area contributed by atoms with E-state index in [-0.39, 0.29) is 11.6 Å². The maximum absolute atomic E-state index is 13.8. The Morgan fingerprint density at radius 1 is 1.30 bits per heavy atom. The minimum atomic E-state index is -0.451. The van der Waals surface area contributed by atoms with Crippen LogP contribution < -0.4 is 4.74 Å². The van der Waals surface area contributed by atoms with Gasteiger partial charge in [-0.3, -0.25) is 0 Å². The van der Waals surface area contributed by atoms with E-state index in [4.69, 9.17) is 9.47 Å². The van der Waals surface area contributed by atoms with Crippen molar-refractivity contribution in [2.75, 3.05) is 6.61 Å². The molecule has 0 unspecified atom stereocenters. The predicted molar refractivity (Wildman–Crippen MR) is 71.4 cm³/mol. The first-order valence-corrected chi connectivity index (χ1v) is 6.18. The number of nitrogens with zero attached hydrogens (tertiary/aromatic N) is 1. The molecule has 2 rings (SSSR count). The summed E-state index contributed by atoms with van der Waals surface area (Å²) >= 11 is 0. The minimum Gasteiger partial charge on any atom is -0.462 e. The Hall–Kier alpha value is -2.43. The number of carbonyl (C=O) groups excluding carboxylic acids is 1. The molecular formula is C15H14FNO3. The number of aryl methyl sites for hydroxylation is 1. The van der Waals surface area contributed by atoms with Crippen LogP contribution in [0.5, 0.6) is 11.6 Å². The van der Waals surface area contributed by atoms with Crippen molar-refractivity contribution in [3.63, 3.8) is 0 Å². The molecule has 0 aliphatic rings. The molecule has 0 aliphatic carbocycles. The molecule has 2 aromatic rings. The van der Waals surface area contributed by atoms with Crippen molar-refractivity contribution in [1.82, 2.24) is 4.98 Å². The van der Waals surface area contributed by atoms with Crippen LogP contribution in [0.1, 0.15) is 22.8 Å². The van der Waals surface area contributed by atoms with Gasteiger partial charge in [-0.15, -0.1) is 0 Å². The van der Waals surface area contributed by atoms with Gasteiger partial charge in [-0.25, -0.2) is 14.2 Å². The molecule has 0 aliphatic heterocycles. The molecule has 104 valence electrons. The van der Waals surface area contributed by atoms with E-state index >= 15 is 0 Å². The highest BCUT2D eigenvalue weighted by Crippen LogP contribution is 2.24. The van der Waals surface area contributed by atoms with Gasteiger partial charge >= 0.3 is 5.97 Å². The molecule has 5 heteroatoms. The number of halogens is 1. The SMILES string of the molecule is CCOC(=O)c1ccc(Oc2cccc(C)c2F)nc1. The zero-order chi connectivity index (χ0) is 14.5. The summed E-state index contributed by atoms with van der Waals surface area (Å²) in [7, 11) is 0. The Morgan fingerprint density at radius 2 is 2.10 bits per heavy atom. The standard InChI is InChI=1S/C15H14FNO3/c1-3-19-15(18)11-7-8-13(17-9-11)20-12-6-4-5-10(2)14(12)16/h4-9H,3H2,1-2H3. The van der Waals surface area contributed by atoms with Gasteiger partial charge in [0.1, 0.15) is 0 Å². The summed E-state index contributed by atoms with van der Waals surface area (Å²) in [5, 5.41) is 0. The third-order valence-corrected chi connectivity index (χ3v) is 2.62. The van der Waals surface area contributed by atoms with E-state index in [1.165, 1.54) is 24.4 Å². The molecule has 0 N–H and O–H groups in total. The van der Waals surface area contributed by atoms with E-state index in [1.54, 1.807) is 26.0 Å². The second-order valence-electron chi connectivity index (χ2n) is 4.09. The van der Waals surface area contributed by atoms with Gasteiger partial charge in [0.2, 0.25) is 5.88 Å². The van der Waals surface area contributed by atoms with Crippen molar-refractivity contribution >= 4 is 5.97 Å². The molecule has 0 fully saturated rings. The average molecular weight is 275 g/mol. The predicted octanol–water partition coefficient (Wildman–Crippen LogP) is 3.50. The Labute approximate surface area is 116 Å². The fourth-order valence-electron chi connectivity index (χ4n) is 1.59. The summed E-state index contributed by atoms with van der Waals surface area (Å²) < 4.78 is 24.0. The molecule has 0 saturated heterocycles. The Balaban J connectivity index is 2.15. The second-order valence-corrected chi connectivity index (χ2v) is 4.09. The zero-order valence-electron chi connectivity index (χ0n) is 11.2. The Kier molecular flexibility index (Phi) is 4.30. The molecule has 1 aromatic carbocycles. The molecule has 0 saturated carbocycles.